The lowest BCUT2D eigenvalue weighted by atomic mass is 10.2. The van der Waals surface area contributed by atoms with E-state index in [1.807, 2.05) is 0 Å². The third-order valence-corrected chi connectivity index (χ3v) is 9.33. The normalized spacial score (nSPS) is 14.5. The molecule has 1 heterocycles. The van der Waals surface area contributed by atoms with Crippen molar-refractivity contribution in [3.8, 4) is 0 Å². The molecule has 1 unspecified atom stereocenters. The Kier molecular flexibility index (Phi) is 5.15. The van der Waals surface area contributed by atoms with Gasteiger partial charge in [-0.2, -0.15) is 0 Å². The van der Waals surface area contributed by atoms with Gasteiger partial charge < -0.3 is 14.1 Å². The van der Waals surface area contributed by atoms with Gasteiger partial charge in [-0.3, -0.25) is 0 Å². The minimum absolute atomic E-state index is 0.184. The predicted molar refractivity (Wildman–Crippen MR) is 95.7 cm³/mol. The molecular formula is C18H29NO2Si. The van der Waals surface area contributed by atoms with E-state index in [1.54, 1.807) is 0 Å². The fraction of sp³-hybridized carbons (Fsp3) is 0.556. The second-order valence-electron chi connectivity index (χ2n) is 7.58. The topological polar surface area (TPSA) is 34.4 Å². The Morgan fingerprint density at radius 1 is 1.18 bits per heavy atom. The van der Waals surface area contributed by atoms with E-state index in [0.717, 1.165) is 6.54 Å². The molecule has 2 rings (SSSR count). The summed E-state index contributed by atoms with van der Waals surface area (Å²) in [6.45, 7) is 12.4. The Morgan fingerprint density at radius 2 is 1.86 bits per heavy atom. The quantitative estimate of drug-likeness (QED) is 0.800. The molecule has 0 radical (unpaired) electrons. The predicted octanol–water partition coefficient (Wildman–Crippen LogP) is 4.41. The van der Waals surface area contributed by atoms with Crippen LogP contribution in [0.15, 0.2) is 36.5 Å². The van der Waals surface area contributed by atoms with Gasteiger partial charge in [0.1, 0.15) is 0 Å². The van der Waals surface area contributed by atoms with E-state index in [1.165, 1.54) is 10.9 Å². The van der Waals surface area contributed by atoms with Crippen LogP contribution in [0.25, 0.3) is 10.9 Å². The van der Waals surface area contributed by atoms with Crippen molar-refractivity contribution in [2.24, 2.45) is 0 Å². The SMILES string of the molecule is CC(C)(C)[Si](C)(C)OCC(O)CCn1ccc2ccccc21. The van der Waals surface area contributed by atoms with Gasteiger partial charge in [0, 0.05) is 18.3 Å². The molecule has 1 atom stereocenters. The summed E-state index contributed by atoms with van der Waals surface area (Å²) in [5.74, 6) is 0. The first-order valence-electron chi connectivity index (χ1n) is 8.06. The zero-order valence-corrected chi connectivity index (χ0v) is 15.5. The highest BCUT2D eigenvalue weighted by molar-refractivity contribution is 6.74. The highest BCUT2D eigenvalue weighted by Gasteiger charge is 2.37. The molecule has 3 nitrogen and oxygen atoms in total. The Hall–Kier alpha value is -1.10. The van der Waals surface area contributed by atoms with Gasteiger partial charge in [-0.25, -0.2) is 0 Å². The first kappa shape index (κ1) is 17.3. The number of fused-ring (bicyclic) bond motifs is 1. The number of nitrogens with zero attached hydrogens (tertiary/aromatic N) is 1. The molecule has 1 aromatic heterocycles. The van der Waals surface area contributed by atoms with Crippen molar-refractivity contribution in [2.75, 3.05) is 6.61 Å². The molecule has 0 saturated heterocycles. The fourth-order valence-corrected chi connectivity index (χ4v) is 3.27. The molecule has 0 aliphatic heterocycles. The lowest BCUT2D eigenvalue weighted by Crippen LogP contribution is -2.42. The molecule has 22 heavy (non-hydrogen) atoms. The molecule has 0 amide bonds. The third-order valence-electron chi connectivity index (χ3n) is 4.83. The van der Waals surface area contributed by atoms with Crippen LogP contribution in [0.1, 0.15) is 27.2 Å². The highest BCUT2D eigenvalue weighted by Crippen LogP contribution is 2.36. The molecule has 1 aromatic carbocycles. The maximum atomic E-state index is 10.2. The standard InChI is InChI=1S/C18H29NO2Si/c1-18(2,3)22(4,5)21-14-16(20)11-13-19-12-10-15-8-6-7-9-17(15)19/h6-10,12,16,20H,11,13-14H2,1-5H3. The van der Waals surface area contributed by atoms with E-state index in [2.05, 4.69) is 75.0 Å². The van der Waals surface area contributed by atoms with Crippen LogP contribution >= 0.6 is 0 Å². The van der Waals surface area contributed by atoms with Crippen LogP contribution in [0.5, 0.6) is 0 Å². The van der Waals surface area contributed by atoms with Gasteiger partial charge in [-0.05, 0) is 42.1 Å². The molecule has 122 valence electrons. The average Bonchev–Trinajstić information content (AvgIpc) is 2.85. The van der Waals surface area contributed by atoms with Gasteiger partial charge in [0.05, 0.1) is 12.7 Å². The lowest BCUT2D eigenvalue weighted by molar-refractivity contribution is 0.0895. The molecule has 0 aliphatic carbocycles. The second kappa shape index (κ2) is 6.57. The minimum atomic E-state index is -1.77. The Labute approximate surface area is 135 Å². The molecular weight excluding hydrogens is 290 g/mol. The molecule has 0 aliphatic rings. The number of aryl methyl sites for hydroxylation is 1. The van der Waals surface area contributed by atoms with E-state index in [4.69, 9.17) is 4.43 Å². The van der Waals surface area contributed by atoms with Gasteiger partial charge in [0.25, 0.3) is 0 Å². The summed E-state index contributed by atoms with van der Waals surface area (Å²) < 4.78 is 8.29. The zero-order valence-electron chi connectivity index (χ0n) is 14.5. The van der Waals surface area contributed by atoms with Crippen molar-refractivity contribution in [3.63, 3.8) is 0 Å². The third kappa shape index (κ3) is 4.00. The van der Waals surface area contributed by atoms with Crippen LogP contribution in [0.4, 0.5) is 0 Å². The summed E-state index contributed by atoms with van der Waals surface area (Å²) in [7, 11) is -1.77. The monoisotopic (exact) mass is 319 g/mol. The molecule has 0 fully saturated rings. The average molecular weight is 320 g/mol. The van der Waals surface area contributed by atoms with Crippen molar-refractivity contribution in [1.29, 1.82) is 0 Å². The van der Waals surface area contributed by atoms with Crippen molar-refractivity contribution in [3.05, 3.63) is 36.5 Å². The number of para-hydroxylation sites is 1. The number of hydrogen-bond donors (Lipinski definition) is 1. The van der Waals surface area contributed by atoms with Crippen LogP contribution in [0.2, 0.25) is 18.1 Å². The number of aliphatic hydroxyl groups is 1. The van der Waals surface area contributed by atoms with E-state index < -0.39 is 14.4 Å². The Morgan fingerprint density at radius 3 is 2.55 bits per heavy atom. The highest BCUT2D eigenvalue weighted by atomic mass is 28.4. The molecule has 0 saturated carbocycles. The van der Waals surface area contributed by atoms with E-state index in [-0.39, 0.29) is 5.04 Å². The number of aromatic nitrogens is 1. The van der Waals surface area contributed by atoms with Crippen LogP contribution < -0.4 is 0 Å². The fourth-order valence-electron chi connectivity index (χ4n) is 2.23. The first-order chi connectivity index (χ1) is 10.2. The summed E-state index contributed by atoms with van der Waals surface area (Å²) in [4.78, 5) is 0. The van der Waals surface area contributed by atoms with E-state index in [0.29, 0.717) is 13.0 Å². The second-order valence-corrected chi connectivity index (χ2v) is 12.4. The smallest absolute Gasteiger partial charge is 0.192 e. The number of aliphatic hydroxyl groups excluding tert-OH is 1. The van der Waals surface area contributed by atoms with E-state index >= 15 is 0 Å². The molecule has 0 bridgehead atoms. The molecule has 1 N–H and O–H groups in total. The van der Waals surface area contributed by atoms with Gasteiger partial charge in [-0.1, -0.05) is 39.0 Å². The summed E-state index contributed by atoms with van der Waals surface area (Å²) >= 11 is 0. The zero-order chi connectivity index (χ0) is 16.4. The molecule has 4 heteroatoms. The molecule has 0 spiro atoms. The van der Waals surface area contributed by atoms with Gasteiger partial charge in [-0.15, -0.1) is 0 Å². The van der Waals surface area contributed by atoms with Crippen LogP contribution in [0, 0.1) is 0 Å². The van der Waals surface area contributed by atoms with Crippen LogP contribution in [0.3, 0.4) is 0 Å². The van der Waals surface area contributed by atoms with Gasteiger partial charge >= 0.3 is 0 Å². The van der Waals surface area contributed by atoms with Crippen molar-refractivity contribution in [2.45, 2.75) is 58.0 Å². The maximum absolute atomic E-state index is 10.2. The summed E-state index contributed by atoms with van der Waals surface area (Å²) in [5, 5.41) is 11.7. The van der Waals surface area contributed by atoms with Crippen molar-refractivity contribution < 1.29 is 9.53 Å². The summed E-state index contributed by atoms with van der Waals surface area (Å²) in [5.41, 5.74) is 1.22. The molecule has 2 aromatic rings. The first-order valence-corrected chi connectivity index (χ1v) is 11.0. The minimum Gasteiger partial charge on any atom is -0.414 e. The van der Waals surface area contributed by atoms with Crippen LogP contribution in [-0.4, -0.2) is 30.7 Å². The number of benzene rings is 1. The summed E-state index contributed by atoms with van der Waals surface area (Å²) in [6.07, 6.45) is 2.40. The lowest BCUT2D eigenvalue weighted by Gasteiger charge is -2.36. The number of rotatable bonds is 6. The summed E-state index contributed by atoms with van der Waals surface area (Å²) in [6, 6.07) is 10.5. The Balaban J connectivity index is 1.87. The van der Waals surface area contributed by atoms with Crippen molar-refractivity contribution >= 4 is 19.2 Å². The van der Waals surface area contributed by atoms with E-state index in [9.17, 15) is 5.11 Å². The maximum Gasteiger partial charge on any atom is 0.192 e. The largest absolute Gasteiger partial charge is 0.414 e. The van der Waals surface area contributed by atoms with Crippen molar-refractivity contribution in [1.82, 2.24) is 4.57 Å². The Bertz CT molecular complexity index is 613. The van der Waals surface area contributed by atoms with Gasteiger partial charge in [0.2, 0.25) is 0 Å². The van der Waals surface area contributed by atoms with Crippen LogP contribution in [-0.2, 0) is 11.0 Å². The van der Waals surface area contributed by atoms with Gasteiger partial charge in [0.15, 0.2) is 8.32 Å². The number of hydrogen-bond acceptors (Lipinski definition) is 2.